The Balaban J connectivity index is 1.35. The number of allylic oxidation sites excluding steroid dienone is 1. The monoisotopic (exact) mass is 840 g/mol. The first-order valence-corrected chi connectivity index (χ1v) is 21.9. The normalized spacial score (nSPS) is 24.7. The fourth-order valence-electron chi connectivity index (χ4n) is 8.98. The van der Waals surface area contributed by atoms with Gasteiger partial charge in [-0.3, -0.25) is 19.8 Å². The van der Waals surface area contributed by atoms with E-state index in [9.17, 15) is 25.1 Å². The van der Waals surface area contributed by atoms with Crippen molar-refractivity contribution in [1.82, 2.24) is 4.90 Å². The number of anilines is 1. The zero-order valence-electron chi connectivity index (χ0n) is 34.2. The van der Waals surface area contributed by atoms with E-state index in [-0.39, 0.29) is 66.9 Å². The molecule has 3 aromatic carbocycles. The number of rotatable bonds is 22. The fraction of sp³-hybridized carbons (Fsp3) is 0.478. The van der Waals surface area contributed by atoms with Gasteiger partial charge in [-0.1, -0.05) is 30.1 Å². The Morgan fingerprint density at radius 2 is 1.82 bits per heavy atom. The highest BCUT2D eigenvalue weighted by Crippen LogP contribution is 2.63. The number of non-ortho nitro benzene ring substituents is 1. The zero-order chi connectivity index (χ0) is 42.1. The standard InChI is InChI=1S/C46H56N4O9S/c1-3-25-57-46-43(60-37-17-12-34(13-18-37)47-31(2)53)29-41(48-58-30-32-10-14-35(15-11-32)50(54)55)39-27-33(8-4-6-23-51)38(9-5-7-24-52)44(45(39)46)40-28-36(16-19-42(40)59-46)56-26-22-49-20-21-49/h3,10-19,27-28,33,38,43-45,51-52H,1,4-9,20-26,29-30H2,2H3,(H,47,53). The molecule has 2 heterocycles. The highest BCUT2D eigenvalue weighted by Gasteiger charge is 2.64. The van der Waals surface area contributed by atoms with Gasteiger partial charge in [-0.05, 0) is 103 Å². The van der Waals surface area contributed by atoms with Crippen molar-refractivity contribution in [3.63, 3.8) is 0 Å². The molecule has 1 saturated heterocycles. The van der Waals surface area contributed by atoms with Crippen LogP contribution in [0.25, 0.3) is 0 Å². The lowest BCUT2D eigenvalue weighted by Crippen LogP contribution is -2.64. The molecule has 7 rings (SSSR count). The van der Waals surface area contributed by atoms with Crippen molar-refractivity contribution in [2.24, 2.45) is 22.9 Å². The summed E-state index contributed by atoms with van der Waals surface area (Å²) in [4.78, 5) is 32.1. The van der Waals surface area contributed by atoms with Gasteiger partial charge in [0.2, 0.25) is 11.7 Å². The van der Waals surface area contributed by atoms with E-state index < -0.39 is 10.7 Å². The van der Waals surface area contributed by atoms with E-state index in [0.29, 0.717) is 31.6 Å². The van der Waals surface area contributed by atoms with E-state index in [1.807, 2.05) is 36.4 Å². The Morgan fingerprint density at radius 3 is 2.50 bits per heavy atom. The maximum atomic E-state index is 11.8. The molecule has 1 amide bonds. The second-order valence-electron chi connectivity index (χ2n) is 16.0. The van der Waals surface area contributed by atoms with E-state index in [0.717, 1.165) is 84.1 Å². The first kappa shape index (κ1) is 43.4. The number of amides is 1. The Hall–Kier alpha value is -4.73. The second kappa shape index (κ2) is 20.2. The lowest BCUT2D eigenvalue weighted by Gasteiger charge is -2.58. The molecule has 13 nitrogen and oxygen atoms in total. The molecule has 320 valence electrons. The van der Waals surface area contributed by atoms with Gasteiger partial charge in [0.15, 0.2) is 0 Å². The van der Waals surface area contributed by atoms with Gasteiger partial charge in [-0.15, -0.1) is 18.3 Å². The van der Waals surface area contributed by atoms with Crippen LogP contribution >= 0.6 is 11.8 Å². The molecule has 0 spiro atoms. The lowest BCUT2D eigenvalue weighted by atomic mass is 9.56. The van der Waals surface area contributed by atoms with Gasteiger partial charge >= 0.3 is 0 Å². The maximum Gasteiger partial charge on any atom is 0.269 e. The minimum absolute atomic E-state index is 0.00389. The third-order valence-electron chi connectivity index (χ3n) is 11.8. The van der Waals surface area contributed by atoms with Gasteiger partial charge in [0.1, 0.15) is 24.7 Å². The first-order valence-electron chi connectivity index (χ1n) is 21.1. The number of unbranched alkanes of at least 4 members (excludes halogenated alkanes) is 2. The predicted molar refractivity (Wildman–Crippen MR) is 231 cm³/mol. The van der Waals surface area contributed by atoms with Crippen LogP contribution in [0, 0.1) is 27.9 Å². The molecule has 0 aromatic heterocycles. The Kier molecular flexibility index (Phi) is 14.6. The van der Waals surface area contributed by atoms with Crippen molar-refractivity contribution in [2.45, 2.75) is 80.3 Å². The number of nitro benzene ring substituents is 1. The quantitative estimate of drug-likeness (QED) is 0.0297. The molecule has 0 bridgehead atoms. The average Bonchev–Trinajstić information content (AvgIpc) is 4.07. The van der Waals surface area contributed by atoms with Crippen LogP contribution in [-0.2, 0) is 21.0 Å². The minimum Gasteiger partial charge on any atom is -0.492 e. The summed E-state index contributed by atoms with van der Waals surface area (Å²) in [6.45, 7) is 9.74. The molecular formula is C46H56N4O9S. The van der Waals surface area contributed by atoms with Crippen LogP contribution in [0.4, 0.5) is 11.4 Å². The summed E-state index contributed by atoms with van der Waals surface area (Å²) in [5, 5.41) is 38.5. The summed E-state index contributed by atoms with van der Waals surface area (Å²) in [7, 11) is 0. The van der Waals surface area contributed by atoms with Crippen LogP contribution in [0.3, 0.4) is 0 Å². The molecule has 2 aliphatic carbocycles. The topological polar surface area (TPSA) is 165 Å². The lowest BCUT2D eigenvalue weighted by molar-refractivity contribution is -0.384. The molecule has 1 saturated carbocycles. The van der Waals surface area contributed by atoms with E-state index in [1.54, 1.807) is 30.0 Å². The van der Waals surface area contributed by atoms with Gasteiger partial charge in [0.25, 0.3) is 5.69 Å². The number of ether oxygens (including phenoxy) is 3. The summed E-state index contributed by atoms with van der Waals surface area (Å²) < 4.78 is 20.7. The summed E-state index contributed by atoms with van der Waals surface area (Å²) in [6.07, 6.45) is 9.30. The van der Waals surface area contributed by atoms with Crippen molar-refractivity contribution in [3.8, 4) is 11.5 Å². The van der Waals surface area contributed by atoms with Crippen LogP contribution in [0.15, 0.2) is 101 Å². The van der Waals surface area contributed by atoms with Crippen LogP contribution in [0.5, 0.6) is 11.5 Å². The third-order valence-corrected chi connectivity index (χ3v) is 13.2. The van der Waals surface area contributed by atoms with E-state index in [4.69, 9.17) is 24.2 Å². The van der Waals surface area contributed by atoms with Crippen LogP contribution in [0.2, 0.25) is 0 Å². The van der Waals surface area contributed by atoms with Gasteiger partial charge in [0, 0.05) is 80.4 Å². The van der Waals surface area contributed by atoms with Gasteiger partial charge in [-0.25, -0.2) is 0 Å². The number of carbonyl (C=O) groups excluding carboxylic acids is 1. The molecule has 3 N–H and O–H groups in total. The molecule has 4 aliphatic rings. The van der Waals surface area contributed by atoms with E-state index >= 15 is 0 Å². The molecule has 6 unspecified atom stereocenters. The Labute approximate surface area is 356 Å². The fourth-order valence-corrected chi connectivity index (χ4v) is 10.3. The van der Waals surface area contributed by atoms with Crippen LogP contribution in [-0.4, -0.2) is 88.8 Å². The number of hydrogen-bond donors (Lipinski definition) is 3. The first-order chi connectivity index (χ1) is 29.2. The van der Waals surface area contributed by atoms with Gasteiger partial charge in [-0.2, -0.15) is 0 Å². The van der Waals surface area contributed by atoms with Crippen molar-refractivity contribution < 1.29 is 39.0 Å². The van der Waals surface area contributed by atoms with Gasteiger partial charge < -0.3 is 34.6 Å². The van der Waals surface area contributed by atoms with Crippen molar-refractivity contribution in [2.75, 3.05) is 51.4 Å². The molecule has 60 heavy (non-hydrogen) atoms. The summed E-state index contributed by atoms with van der Waals surface area (Å²) >= 11 is 1.63. The third kappa shape index (κ3) is 10.2. The number of thioether (sulfide) groups is 1. The molecule has 2 fully saturated rings. The number of nitrogens with one attached hydrogen (secondary N) is 1. The number of carbonyl (C=O) groups is 1. The molecule has 2 aliphatic heterocycles. The Morgan fingerprint density at radius 1 is 1.07 bits per heavy atom. The number of aliphatic hydroxyl groups is 2. The van der Waals surface area contributed by atoms with Crippen LogP contribution in [0.1, 0.15) is 68.9 Å². The number of oxime groups is 1. The highest BCUT2D eigenvalue weighted by atomic mass is 32.2. The summed E-state index contributed by atoms with van der Waals surface area (Å²) in [5.74, 6) is 0.00712. The Bertz CT molecular complexity index is 2020. The predicted octanol–water partition coefficient (Wildman–Crippen LogP) is 7.87. The molecule has 14 heteroatoms. The maximum absolute atomic E-state index is 11.8. The summed E-state index contributed by atoms with van der Waals surface area (Å²) in [5.41, 5.74) is 4.26. The van der Waals surface area contributed by atoms with Crippen molar-refractivity contribution in [3.05, 3.63) is 112 Å². The smallest absolute Gasteiger partial charge is 0.269 e. The average molecular weight is 841 g/mol. The zero-order valence-corrected chi connectivity index (χ0v) is 35.0. The molecule has 6 atom stereocenters. The van der Waals surface area contributed by atoms with E-state index in [1.165, 1.54) is 19.1 Å². The largest absolute Gasteiger partial charge is 0.492 e. The number of benzene rings is 3. The highest BCUT2D eigenvalue weighted by molar-refractivity contribution is 8.00. The second-order valence-corrected chi connectivity index (χ2v) is 17.2. The SMILES string of the molecule is C=CCOC12Oc3ccc(OCCN4CC4)cc3C3C(CCCCO)C(CCCCO)C=C(C(=NOCc4ccc([N+](=O)[O-])cc4)CC1Sc1ccc(NC(C)=O)cc1)C32. The summed E-state index contributed by atoms with van der Waals surface area (Å²) in [6, 6.07) is 20.1. The number of nitrogens with zero attached hydrogens (tertiary/aromatic N) is 3. The van der Waals surface area contributed by atoms with Gasteiger partial charge in [0.05, 0.1) is 28.4 Å². The molecule has 3 aromatic rings. The molecule has 0 radical (unpaired) electrons. The number of hydrogen-bond acceptors (Lipinski definition) is 12. The number of aliphatic hydroxyl groups excluding tert-OH is 2. The minimum atomic E-state index is -1.18. The van der Waals surface area contributed by atoms with E-state index in [2.05, 4.69) is 28.9 Å². The van der Waals surface area contributed by atoms with Crippen molar-refractivity contribution >= 4 is 34.8 Å². The number of nitro groups is 1. The number of fused-ring (bicyclic) bond motifs is 2. The molecular weight excluding hydrogens is 785 g/mol. The van der Waals surface area contributed by atoms with Crippen LogP contribution < -0.4 is 14.8 Å². The van der Waals surface area contributed by atoms with Crippen molar-refractivity contribution in [1.29, 1.82) is 0 Å².